The Hall–Kier alpha value is -0.120. The van der Waals surface area contributed by atoms with Gasteiger partial charge >= 0.3 is 0 Å². The average Bonchev–Trinajstić information content (AvgIpc) is 1.90. The van der Waals surface area contributed by atoms with E-state index in [-0.39, 0.29) is 0 Å². The standard InChI is InChI=1S/C7H18N2O/c1-5-7(10-4)6-8-9(2)3/h7-8H,5-6H2,1-4H3. The minimum atomic E-state index is 0.336. The molecular weight excluding hydrogens is 128 g/mol. The summed E-state index contributed by atoms with van der Waals surface area (Å²) in [4.78, 5) is 0. The number of rotatable bonds is 5. The lowest BCUT2D eigenvalue weighted by Gasteiger charge is -2.17. The molecule has 0 saturated heterocycles. The van der Waals surface area contributed by atoms with Crippen molar-refractivity contribution in [1.82, 2.24) is 10.4 Å². The van der Waals surface area contributed by atoms with Crippen LogP contribution in [0.3, 0.4) is 0 Å². The van der Waals surface area contributed by atoms with Gasteiger partial charge in [0.2, 0.25) is 0 Å². The molecule has 0 aliphatic carbocycles. The van der Waals surface area contributed by atoms with Crippen LogP contribution in [0.25, 0.3) is 0 Å². The van der Waals surface area contributed by atoms with E-state index in [0.717, 1.165) is 13.0 Å². The van der Waals surface area contributed by atoms with Crippen molar-refractivity contribution in [3.8, 4) is 0 Å². The van der Waals surface area contributed by atoms with Gasteiger partial charge in [0.1, 0.15) is 0 Å². The predicted molar refractivity (Wildman–Crippen MR) is 42.8 cm³/mol. The van der Waals surface area contributed by atoms with Crippen LogP contribution in [0.4, 0.5) is 0 Å². The number of hydrogen-bond donors (Lipinski definition) is 1. The van der Waals surface area contributed by atoms with Crippen molar-refractivity contribution in [2.75, 3.05) is 27.7 Å². The fourth-order valence-electron chi connectivity index (χ4n) is 0.679. The van der Waals surface area contributed by atoms with Gasteiger partial charge in [-0.2, -0.15) is 0 Å². The van der Waals surface area contributed by atoms with E-state index in [0.29, 0.717) is 6.10 Å². The molecule has 0 radical (unpaired) electrons. The second kappa shape index (κ2) is 5.65. The number of nitrogens with one attached hydrogen (secondary N) is 1. The SMILES string of the molecule is CCC(CNN(C)C)OC. The largest absolute Gasteiger partial charge is 0.380 e. The molecule has 0 aromatic heterocycles. The molecule has 0 aromatic rings. The van der Waals surface area contributed by atoms with Gasteiger partial charge in [-0.3, -0.25) is 10.4 Å². The first-order valence-electron chi connectivity index (χ1n) is 3.64. The Bertz CT molecular complexity index is 72.0. The number of methoxy groups -OCH3 is 1. The molecule has 1 unspecified atom stereocenters. The second-order valence-corrected chi connectivity index (χ2v) is 2.52. The van der Waals surface area contributed by atoms with Crippen molar-refractivity contribution >= 4 is 0 Å². The van der Waals surface area contributed by atoms with Crippen LogP contribution >= 0.6 is 0 Å². The van der Waals surface area contributed by atoms with Crippen molar-refractivity contribution in [1.29, 1.82) is 0 Å². The lowest BCUT2D eigenvalue weighted by molar-refractivity contribution is 0.0813. The molecule has 0 saturated carbocycles. The zero-order chi connectivity index (χ0) is 7.98. The highest BCUT2D eigenvalue weighted by molar-refractivity contribution is 4.55. The summed E-state index contributed by atoms with van der Waals surface area (Å²) in [6.07, 6.45) is 1.39. The third-order valence-electron chi connectivity index (χ3n) is 1.42. The molecule has 3 nitrogen and oxygen atoms in total. The van der Waals surface area contributed by atoms with Crippen LogP contribution in [0.1, 0.15) is 13.3 Å². The van der Waals surface area contributed by atoms with Gasteiger partial charge in [0, 0.05) is 27.7 Å². The smallest absolute Gasteiger partial charge is 0.0707 e. The zero-order valence-electron chi connectivity index (χ0n) is 7.35. The number of ether oxygens (including phenoxy) is 1. The molecule has 62 valence electrons. The first kappa shape index (κ1) is 9.88. The number of hydrazine groups is 1. The van der Waals surface area contributed by atoms with Crippen LogP contribution in [0.15, 0.2) is 0 Å². The predicted octanol–water partition coefficient (Wildman–Crippen LogP) is 0.478. The molecule has 0 rings (SSSR count). The molecule has 3 heteroatoms. The molecule has 0 amide bonds. The maximum Gasteiger partial charge on any atom is 0.0707 e. The summed E-state index contributed by atoms with van der Waals surface area (Å²) >= 11 is 0. The van der Waals surface area contributed by atoms with E-state index in [1.165, 1.54) is 0 Å². The fourth-order valence-corrected chi connectivity index (χ4v) is 0.679. The molecular formula is C7H18N2O. The van der Waals surface area contributed by atoms with E-state index in [9.17, 15) is 0 Å². The van der Waals surface area contributed by atoms with E-state index in [2.05, 4.69) is 12.3 Å². The molecule has 10 heavy (non-hydrogen) atoms. The van der Waals surface area contributed by atoms with Crippen LogP contribution in [0.5, 0.6) is 0 Å². The van der Waals surface area contributed by atoms with E-state index in [1.807, 2.05) is 19.1 Å². The van der Waals surface area contributed by atoms with Gasteiger partial charge in [-0.05, 0) is 6.42 Å². The zero-order valence-corrected chi connectivity index (χ0v) is 7.35. The highest BCUT2D eigenvalue weighted by atomic mass is 16.5. The van der Waals surface area contributed by atoms with Crippen LogP contribution in [-0.4, -0.2) is 38.9 Å². The monoisotopic (exact) mass is 146 g/mol. The Morgan fingerprint density at radius 3 is 2.40 bits per heavy atom. The van der Waals surface area contributed by atoms with Gasteiger partial charge in [-0.15, -0.1) is 0 Å². The molecule has 0 aromatic carbocycles. The van der Waals surface area contributed by atoms with Crippen molar-refractivity contribution < 1.29 is 4.74 Å². The van der Waals surface area contributed by atoms with Crippen molar-refractivity contribution in [3.05, 3.63) is 0 Å². The summed E-state index contributed by atoms with van der Waals surface area (Å²) in [7, 11) is 5.69. The summed E-state index contributed by atoms with van der Waals surface area (Å²) in [6.45, 7) is 3.01. The summed E-state index contributed by atoms with van der Waals surface area (Å²) in [6, 6.07) is 0. The van der Waals surface area contributed by atoms with Gasteiger partial charge in [0.05, 0.1) is 6.10 Å². The van der Waals surface area contributed by atoms with Gasteiger partial charge in [-0.25, -0.2) is 0 Å². The second-order valence-electron chi connectivity index (χ2n) is 2.52. The topological polar surface area (TPSA) is 24.5 Å². The Morgan fingerprint density at radius 2 is 2.10 bits per heavy atom. The number of nitrogens with zero attached hydrogens (tertiary/aromatic N) is 1. The van der Waals surface area contributed by atoms with Gasteiger partial charge in [-0.1, -0.05) is 6.92 Å². The summed E-state index contributed by atoms with van der Waals surface area (Å²) in [5.41, 5.74) is 3.16. The number of hydrogen-bond acceptors (Lipinski definition) is 3. The molecule has 1 N–H and O–H groups in total. The van der Waals surface area contributed by atoms with Crippen LogP contribution < -0.4 is 5.43 Å². The lowest BCUT2D eigenvalue weighted by atomic mass is 10.3. The minimum absolute atomic E-state index is 0.336. The Labute approximate surface area is 63.3 Å². The highest BCUT2D eigenvalue weighted by Gasteiger charge is 2.02. The van der Waals surface area contributed by atoms with Gasteiger partial charge in [0.25, 0.3) is 0 Å². The van der Waals surface area contributed by atoms with Gasteiger partial charge < -0.3 is 4.74 Å². The normalized spacial score (nSPS) is 14.1. The van der Waals surface area contributed by atoms with E-state index >= 15 is 0 Å². The Morgan fingerprint density at radius 1 is 1.50 bits per heavy atom. The molecule has 0 spiro atoms. The summed E-state index contributed by atoms with van der Waals surface area (Å²) in [5, 5.41) is 1.93. The maximum atomic E-state index is 5.16. The molecule has 0 aliphatic heterocycles. The summed E-state index contributed by atoms with van der Waals surface area (Å²) < 4.78 is 5.16. The van der Waals surface area contributed by atoms with E-state index in [1.54, 1.807) is 7.11 Å². The van der Waals surface area contributed by atoms with Gasteiger partial charge in [0.15, 0.2) is 0 Å². The molecule has 0 bridgehead atoms. The van der Waals surface area contributed by atoms with Crippen molar-refractivity contribution in [2.45, 2.75) is 19.4 Å². The highest BCUT2D eigenvalue weighted by Crippen LogP contribution is 1.92. The van der Waals surface area contributed by atoms with Crippen LogP contribution in [0.2, 0.25) is 0 Å². The van der Waals surface area contributed by atoms with Crippen molar-refractivity contribution in [3.63, 3.8) is 0 Å². The Balaban J connectivity index is 3.26. The van der Waals surface area contributed by atoms with Crippen molar-refractivity contribution in [2.24, 2.45) is 0 Å². The first-order valence-corrected chi connectivity index (χ1v) is 3.64. The minimum Gasteiger partial charge on any atom is -0.380 e. The maximum absolute atomic E-state index is 5.16. The molecule has 0 aliphatic rings. The molecule has 0 fully saturated rings. The van der Waals surface area contributed by atoms with E-state index < -0.39 is 0 Å². The lowest BCUT2D eigenvalue weighted by Crippen LogP contribution is -2.37. The third-order valence-corrected chi connectivity index (χ3v) is 1.42. The van der Waals surface area contributed by atoms with Crippen LogP contribution in [-0.2, 0) is 4.74 Å². The first-order chi connectivity index (χ1) is 4.70. The molecule has 0 heterocycles. The average molecular weight is 146 g/mol. The van der Waals surface area contributed by atoms with Crippen LogP contribution in [0, 0.1) is 0 Å². The fraction of sp³-hybridized carbons (Fsp3) is 1.00. The Kier molecular flexibility index (Phi) is 5.58. The summed E-state index contributed by atoms with van der Waals surface area (Å²) in [5.74, 6) is 0. The third kappa shape index (κ3) is 4.73. The molecule has 1 atom stereocenters. The quantitative estimate of drug-likeness (QED) is 0.571. The van der Waals surface area contributed by atoms with E-state index in [4.69, 9.17) is 4.74 Å².